The number of carbonyl (C=O) groups excluding carboxylic acids is 1. The third kappa shape index (κ3) is 2.65. The van der Waals surface area contributed by atoms with Gasteiger partial charge in [0.2, 0.25) is 5.91 Å². The summed E-state index contributed by atoms with van der Waals surface area (Å²) in [6.45, 7) is 1.23. The second kappa shape index (κ2) is 5.81. The Hall–Kier alpha value is -2.14. The number of aromatic nitrogens is 1. The maximum atomic E-state index is 12.7. The van der Waals surface area contributed by atoms with E-state index in [4.69, 9.17) is 4.74 Å². The van der Waals surface area contributed by atoms with Gasteiger partial charge < -0.3 is 14.6 Å². The molecule has 1 aliphatic carbocycles. The predicted molar refractivity (Wildman–Crippen MR) is 87.4 cm³/mol. The summed E-state index contributed by atoms with van der Waals surface area (Å²) in [5, 5.41) is 0.954. The molecule has 120 valence electrons. The van der Waals surface area contributed by atoms with Crippen LogP contribution in [0.15, 0.2) is 35.1 Å². The van der Waals surface area contributed by atoms with E-state index in [9.17, 15) is 9.59 Å². The average Bonchev–Trinajstić information content (AvgIpc) is 3.04. The lowest BCUT2D eigenvalue weighted by Gasteiger charge is -2.37. The summed E-state index contributed by atoms with van der Waals surface area (Å²) in [6, 6.07) is 9.65. The fourth-order valence-electron chi connectivity index (χ4n) is 3.82. The zero-order valence-electron chi connectivity index (χ0n) is 13.0. The topological polar surface area (TPSA) is 62.4 Å². The summed E-state index contributed by atoms with van der Waals surface area (Å²) < 4.78 is 5.75. The van der Waals surface area contributed by atoms with Gasteiger partial charge in [-0.25, -0.2) is 0 Å². The molecule has 2 fully saturated rings. The van der Waals surface area contributed by atoms with Gasteiger partial charge in [-0.2, -0.15) is 0 Å². The minimum Gasteiger partial charge on any atom is -0.374 e. The number of H-pyrrole nitrogens is 1. The van der Waals surface area contributed by atoms with Crippen molar-refractivity contribution in [2.24, 2.45) is 0 Å². The van der Waals surface area contributed by atoms with Gasteiger partial charge in [0, 0.05) is 17.6 Å². The number of hydrogen-bond donors (Lipinski definition) is 1. The molecule has 2 heterocycles. The van der Waals surface area contributed by atoms with Gasteiger partial charge in [0.1, 0.15) is 0 Å². The monoisotopic (exact) mass is 312 g/mol. The lowest BCUT2D eigenvalue weighted by Crippen LogP contribution is -2.51. The number of pyridine rings is 1. The van der Waals surface area contributed by atoms with Crippen LogP contribution < -0.4 is 5.56 Å². The summed E-state index contributed by atoms with van der Waals surface area (Å²) in [7, 11) is 0. The van der Waals surface area contributed by atoms with Crippen LogP contribution in [0.2, 0.25) is 0 Å². The molecule has 1 amide bonds. The largest absolute Gasteiger partial charge is 0.374 e. The van der Waals surface area contributed by atoms with Gasteiger partial charge >= 0.3 is 0 Å². The van der Waals surface area contributed by atoms with Crippen molar-refractivity contribution in [2.75, 3.05) is 13.2 Å². The Morgan fingerprint density at radius 3 is 3.09 bits per heavy atom. The molecule has 0 bridgehead atoms. The molecule has 0 unspecified atom stereocenters. The van der Waals surface area contributed by atoms with E-state index in [0.29, 0.717) is 18.7 Å². The van der Waals surface area contributed by atoms with E-state index >= 15 is 0 Å². The Morgan fingerprint density at radius 1 is 1.30 bits per heavy atom. The number of ether oxygens (including phenoxy) is 1. The minimum atomic E-state index is -0.173. The molecule has 1 aliphatic heterocycles. The molecule has 4 rings (SSSR count). The van der Waals surface area contributed by atoms with E-state index in [1.165, 1.54) is 0 Å². The highest BCUT2D eigenvalue weighted by Gasteiger charge is 2.38. The first-order valence-electron chi connectivity index (χ1n) is 8.24. The Balaban J connectivity index is 1.58. The number of morpholine rings is 1. The molecule has 1 saturated heterocycles. The van der Waals surface area contributed by atoms with E-state index < -0.39 is 0 Å². The van der Waals surface area contributed by atoms with E-state index in [1.54, 1.807) is 0 Å². The molecular weight excluding hydrogens is 292 g/mol. The molecule has 2 atom stereocenters. The number of amides is 1. The second-order valence-corrected chi connectivity index (χ2v) is 6.38. The van der Waals surface area contributed by atoms with Crippen molar-refractivity contribution in [2.45, 2.75) is 37.8 Å². The van der Waals surface area contributed by atoms with Gasteiger partial charge in [-0.05, 0) is 36.8 Å². The second-order valence-electron chi connectivity index (χ2n) is 6.38. The standard InChI is InChI=1S/C18H20N2O3/c21-17(20-8-9-23-16-7-3-6-15(16)20)11-13-10-12-4-1-2-5-14(12)19-18(13)22/h1-2,4-5,10,15-16H,3,6-9,11H2,(H,19,22)/t15-,16-/m0/s1. The average molecular weight is 312 g/mol. The third-order valence-electron chi connectivity index (χ3n) is 4.97. The smallest absolute Gasteiger partial charge is 0.252 e. The lowest BCUT2D eigenvalue weighted by molar-refractivity contribution is -0.143. The SMILES string of the molecule is O=C(Cc1cc2ccccc2[nH]c1=O)N1CCO[C@H]2CCC[C@@H]21. The van der Waals surface area contributed by atoms with Crippen molar-refractivity contribution >= 4 is 16.8 Å². The fourth-order valence-corrected chi connectivity index (χ4v) is 3.82. The summed E-state index contributed by atoms with van der Waals surface area (Å²) in [5.74, 6) is 0.0333. The molecule has 1 aromatic heterocycles. The van der Waals surface area contributed by atoms with Crippen LogP contribution in [0.4, 0.5) is 0 Å². The Morgan fingerprint density at radius 2 is 2.17 bits per heavy atom. The highest BCUT2D eigenvalue weighted by atomic mass is 16.5. The number of carbonyl (C=O) groups is 1. The lowest BCUT2D eigenvalue weighted by atomic mass is 10.1. The molecular formula is C18H20N2O3. The van der Waals surface area contributed by atoms with Crippen molar-refractivity contribution in [1.29, 1.82) is 0 Å². The first kappa shape index (κ1) is 14.5. The number of benzene rings is 1. The van der Waals surface area contributed by atoms with Crippen molar-refractivity contribution < 1.29 is 9.53 Å². The molecule has 5 nitrogen and oxygen atoms in total. The third-order valence-corrected chi connectivity index (χ3v) is 4.97. The number of rotatable bonds is 2. The Bertz CT molecular complexity index is 798. The van der Waals surface area contributed by atoms with Gasteiger partial charge in [-0.1, -0.05) is 18.2 Å². The normalized spacial score (nSPS) is 23.9. The van der Waals surface area contributed by atoms with Crippen molar-refractivity contribution in [1.82, 2.24) is 9.88 Å². The number of para-hydroxylation sites is 1. The highest BCUT2D eigenvalue weighted by Crippen LogP contribution is 2.30. The number of hydrogen-bond acceptors (Lipinski definition) is 3. The van der Waals surface area contributed by atoms with Gasteiger partial charge in [0.05, 0.1) is 25.2 Å². The van der Waals surface area contributed by atoms with Crippen LogP contribution in [0, 0.1) is 0 Å². The Labute approximate surface area is 134 Å². The van der Waals surface area contributed by atoms with E-state index in [0.717, 1.165) is 30.2 Å². The first-order chi connectivity index (χ1) is 11.2. The number of nitrogens with zero attached hydrogens (tertiary/aromatic N) is 1. The van der Waals surface area contributed by atoms with Crippen LogP contribution in [0.3, 0.4) is 0 Å². The number of aromatic amines is 1. The quantitative estimate of drug-likeness (QED) is 0.920. The van der Waals surface area contributed by atoms with Crippen LogP contribution in [0.25, 0.3) is 10.9 Å². The maximum absolute atomic E-state index is 12.7. The maximum Gasteiger partial charge on any atom is 0.252 e. The van der Waals surface area contributed by atoms with Crippen LogP contribution >= 0.6 is 0 Å². The fraction of sp³-hybridized carbons (Fsp3) is 0.444. The minimum absolute atomic E-state index is 0.0333. The zero-order chi connectivity index (χ0) is 15.8. The van der Waals surface area contributed by atoms with Gasteiger partial charge in [0.15, 0.2) is 0 Å². The molecule has 0 radical (unpaired) electrons. The predicted octanol–water partition coefficient (Wildman–Crippen LogP) is 1.85. The zero-order valence-corrected chi connectivity index (χ0v) is 13.0. The van der Waals surface area contributed by atoms with Crippen molar-refractivity contribution in [3.05, 3.63) is 46.2 Å². The van der Waals surface area contributed by atoms with Crippen LogP contribution in [-0.4, -0.2) is 41.1 Å². The molecule has 1 N–H and O–H groups in total. The first-order valence-corrected chi connectivity index (χ1v) is 8.24. The van der Waals surface area contributed by atoms with Crippen LogP contribution in [-0.2, 0) is 16.0 Å². The van der Waals surface area contributed by atoms with E-state index in [1.807, 2.05) is 35.2 Å². The molecule has 1 saturated carbocycles. The molecule has 2 aromatic rings. The molecule has 5 heteroatoms. The van der Waals surface area contributed by atoms with E-state index in [2.05, 4.69) is 4.98 Å². The summed E-state index contributed by atoms with van der Waals surface area (Å²) >= 11 is 0. The van der Waals surface area contributed by atoms with Crippen molar-refractivity contribution in [3.8, 4) is 0 Å². The van der Waals surface area contributed by atoms with Crippen molar-refractivity contribution in [3.63, 3.8) is 0 Å². The molecule has 2 aliphatic rings. The molecule has 1 aromatic carbocycles. The molecule has 23 heavy (non-hydrogen) atoms. The van der Waals surface area contributed by atoms with Crippen LogP contribution in [0.1, 0.15) is 24.8 Å². The number of fused-ring (bicyclic) bond motifs is 2. The summed E-state index contributed by atoms with van der Waals surface area (Å²) in [6.07, 6.45) is 3.48. The highest BCUT2D eigenvalue weighted by molar-refractivity contribution is 5.83. The summed E-state index contributed by atoms with van der Waals surface area (Å²) in [4.78, 5) is 29.7. The van der Waals surface area contributed by atoms with Gasteiger partial charge in [-0.15, -0.1) is 0 Å². The number of nitrogens with one attached hydrogen (secondary N) is 1. The Kier molecular flexibility index (Phi) is 3.65. The summed E-state index contributed by atoms with van der Waals surface area (Å²) in [5.41, 5.74) is 1.17. The molecule has 0 spiro atoms. The van der Waals surface area contributed by atoms with Gasteiger partial charge in [-0.3, -0.25) is 9.59 Å². The van der Waals surface area contributed by atoms with Gasteiger partial charge in [0.25, 0.3) is 5.56 Å². The van der Waals surface area contributed by atoms with E-state index in [-0.39, 0.29) is 30.0 Å². The van der Waals surface area contributed by atoms with Crippen LogP contribution in [0.5, 0.6) is 0 Å².